The number of hydrogen-bond acceptors (Lipinski definition) is 8. The third-order valence-electron chi connectivity index (χ3n) is 4.67. The van der Waals surface area contributed by atoms with Crippen LogP contribution in [0.25, 0.3) is 0 Å². The van der Waals surface area contributed by atoms with Gasteiger partial charge in [0, 0.05) is 11.4 Å². The van der Waals surface area contributed by atoms with Gasteiger partial charge in [0.2, 0.25) is 0 Å². The minimum absolute atomic E-state index is 0.375. The zero-order valence-electron chi connectivity index (χ0n) is 17.9. The number of nitrogens with two attached hydrogens (primary N) is 2. The van der Waals surface area contributed by atoms with E-state index in [9.17, 15) is 9.59 Å². The highest BCUT2D eigenvalue weighted by Gasteiger charge is 2.10. The van der Waals surface area contributed by atoms with Crippen LogP contribution < -0.4 is 20.9 Å². The molecule has 0 saturated carbocycles. The maximum atomic E-state index is 12.3. The lowest BCUT2D eigenvalue weighted by molar-refractivity contribution is 0.0725. The topological polar surface area (TPSA) is 129 Å². The molecule has 0 aromatic heterocycles. The number of carbonyl (C=O) groups is 2. The Labute approximate surface area is 195 Å². The van der Waals surface area contributed by atoms with Crippen LogP contribution in [0.15, 0.2) is 107 Å². The predicted molar refractivity (Wildman–Crippen MR) is 129 cm³/mol. The van der Waals surface area contributed by atoms with Crippen LogP contribution in [0.1, 0.15) is 20.7 Å². The average Bonchev–Trinajstić information content (AvgIpc) is 2.86. The molecular formula is C26H20N4O4. The van der Waals surface area contributed by atoms with Crippen LogP contribution in [-0.4, -0.2) is 11.9 Å². The second-order valence-electron chi connectivity index (χ2n) is 7.21. The molecule has 0 saturated heterocycles. The summed E-state index contributed by atoms with van der Waals surface area (Å²) in [6.07, 6.45) is 0. The number of anilines is 2. The van der Waals surface area contributed by atoms with Crippen LogP contribution >= 0.6 is 0 Å². The summed E-state index contributed by atoms with van der Waals surface area (Å²) in [6.45, 7) is 0. The third-order valence-corrected chi connectivity index (χ3v) is 4.67. The molecule has 0 unspecified atom stereocenters. The summed E-state index contributed by atoms with van der Waals surface area (Å²) in [6, 6.07) is 26.1. The first-order chi connectivity index (χ1) is 16.5. The van der Waals surface area contributed by atoms with Gasteiger partial charge in [0.25, 0.3) is 0 Å². The Kier molecular flexibility index (Phi) is 6.60. The Morgan fingerprint density at radius 3 is 1.15 bits per heavy atom. The Balaban J connectivity index is 1.34. The molecule has 4 aromatic carbocycles. The van der Waals surface area contributed by atoms with E-state index in [1.165, 1.54) is 0 Å². The van der Waals surface area contributed by atoms with Crippen molar-refractivity contribution in [3.05, 3.63) is 108 Å². The van der Waals surface area contributed by atoms with Gasteiger partial charge in [0.15, 0.2) is 0 Å². The number of nitrogens with zero attached hydrogens (tertiary/aromatic N) is 2. The standard InChI is InChI=1S/C26H20N4O4/c27-19-5-13-23(14-6-19)33-25(31)17-1-9-21(10-2-17)29-30-22-11-3-18(4-12-22)26(32)34-24-15-7-20(28)8-16-24/h1-16H,27-28H2. The summed E-state index contributed by atoms with van der Waals surface area (Å²) in [7, 11) is 0. The molecule has 34 heavy (non-hydrogen) atoms. The van der Waals surface area contributed by atoms with Gasteiger partial charge < -0.3 is 20.9 Å². The molecule has 168 valence electrons. The molecule has 0 radical (unpaired) electrons. The maximum absolute atomic E-state index is 12.3. The smallest absolute Gasteiger partial charge is 0.343 e. The molecular weight excluding hydrogens is 432 g/mol. The average molecular weight is 452 g/mol. The SMILES string of the molecule is Nc1ccc(OC(=O)c2ccc(N=Nc3ccc(C(=O)Oc4ccc(N)cc4)cc3)cc2)cc1. The van der Waals surface area contributed by atoms with Gasteiger partial charge in [-0.15, -0.1) is 0 Å². The lowest BCUT2D eigenvalue weighted by Crippen LogP contribution is -2.08. The minimum atomic E-state index is -0.491. The molecule has 0 aliphatic heterocycles. The van der Waals surface area contributed by atoms with Crippen molar-refractivity contribution in [2.45, 2.75) is 0 Å². The second-order valence-corrected chi connectivity index (χ2v) is 7.21. The van der Waals surface area contributed by atoms with Crippen LogP contribution in [0.4, 0.5) is 22.7 Å². The van der Waals surface area contributed by atoms with E-state index in [4.69, 9.17) is 20.9 Å². The molecule has 8 nitrogen and oxygen atoms in total. The minimum Gasteiger partial charge on any atom is -0.423 e. The number of benzene rings is 4. The summed E-state index contributed by atoms with van der Waals surface area (Å²) in [5.74, 6) is -0.170. The first-order valence-corrected chi connectivity index (χ1v) is 10.2. The number of nitrogen functional groups attached to an aromatic ring is 2. The summed E-state index contributed by atoms with van der Waals surface area (Å²) in [4.78, 5) is 24.5. The molecule has 8 heteroatoms. The van der Waals surface area contributed by atoms with Crippen molar-refractivity contribution in [2.24, 2.45) is 10.2 Å². The molecule has 4 aromatic rings. The van der Waals surface area contributed by atoms with E-state index in [0.29, 0.717) is 45.4 Å². The van der Waals surface area contributed by atoms with E-state index in [1.54, 1.807) is 97.1 Å². The largest absolute Gasteiger partial charge is 0.423 e. The van der Waals surface area contributed by atoms with Gasteiger partial charge in [0.05, 0.1) is 22.5 Å². The Morgan fingerprint density at radius 2 is 0.824 bits per heavy atom. The van der Waals surface area contributed by atoms with Gasteiger partial charge >= 0.3 is 11.9 Å². The molecule has 0 heterocycles. The fraction of sp³-hybridized carbons (Fsp3) is 0. The van der Waals surface area contributed by atoms with E-state index in [-0.39, 0.29) is 0 Å². The highest BCUT2D eigenvalue weighted by molar-refractivity contribution is 5.92. The molecule has 4 N–H and O–H groups in total. The second kappa shape index (κ2) is 10.1. The van der Waals surface area contributed by atoms with E-state index < -0.39 is 11.9 Å². The lowest BCUT2D eigenvalue weighted by atomic mass is 10.2. The number of hydrogen-bond donors (Lipinski definition) is 2. The monoisotopic (exact) mass is 452 g/mol. The normalized spacial score (nSPS) is 10.7. The van der Waals surface area contributed by atoms with E-state index in [0.717, 1.165) is 0 Å². The van der Waals surface area contributed by atoms with E-state index in [2.05, 4.69) is 10.2 Å². The molecule has 0 amide bonds. The Hall–Kier alpha value is -4.98. The molecule has 0 spiro atoms. The van der Waals surface area contributed by atoms with Crippen molar-refractivity contribution in [3.8, 4) is 11.5 Å². The van der Waals surface area contributed by atoms with Gasteiger partial charge in [-0.05, 0) is 97.1 Å². The molecule has 0 aliphatic rings. The molecule has 0 atom stereocenters. The first-order valence-electron chi connectivity index (χ1n) is 10.2. The maximum Gasteiger partial charge on any atom is 0.343 e. The summed E-state index contributed by atoms with van der Waals surface area (Å²) in [5, 5.41) is 8.30. The van der Waals surface area contributed by atoms with Crippen molar-refractivity contribution >= 4 is 34.7 Å². The number of esters is 2. The van der Waals surface area contributed by atoms with E-state index in [1.807, 2.05) is 0 Å². The van der Waals surface area contributed by atoms with Crippen LogP contribution in [0.2, 0.25) is 0 Å². The van der Waals surface area contributed by atoms with Crippen LogP contribution in [0.5, 0.6) is 11.5 Å². The molecule has 4 rings (SSSR count). The van der Waals surface area contributed by atoms with Crippen molar-refractivity contribution in [2.75, 3.05) is 11.5 Å². The number of rotatable bonds is 6. The van der Waals surface area contributed by atoms with Gasteiger partial charge in [-0.2, -0.15) is 10.2 Å². The zero-order chi connectivity index (χ0) is 23.9. The lowest BCUT2D eigenvalue weighted by Gasteiger charge is -2.05. The summed E-state index contributed by atoms with van der Waals surface area (Å²) < 4.78 is 10.6. The molecule has 0 aliphatic carbocycles. The molecule has 0 fully saturated rings. The van der Waals surface area contributed by atoms with Crippen molar-refractivity contribution in [3.63, 3.8) is 0 Å². The third kappa shape index (κ3) is 5.83. The number of carbonyl (C=O) groups excluding carboxylic acids is 2. The highest BCUT2D eigenvalue weighted by Crippen LogP contribution is 2.21. The summed E-state index contributed by atoms with van der Waals surface area (Å²) >= 11 is 0. The Bertz CT molecular complexity index is 1210. The number of ether oxygens (including phenoxy) is 2. The van der Waals surface area contributed by atoms with Crippen LogP contribution in [0.3, 0.4) is 0 Å². The predicted octanol–water partition coefficient (Wildman–Crippen LogP) is 5.70. The van der Waals surface area contributed by atoms with Gasteiger partial charge in [-0.3, -0.25) is 0 Å². The van der Waals surface area contributed by atoms with Crippen LogP contribution in [0, 0.1) is 0 Å². The first kappa shape index (κ1) is 22.2. The Morgan fingerprint density at radius 1 is 0.500 bits per heavy atom. The molecule has 0 bridgehead atoms. The van der Waals surface area contributed by atoms with E-state index >= 15 is 0 Å². The fourth-order valence-electron chi connectivity index (χ4n) is 2.85. The van der Waals surface area contributed by atoms with Crippen LogP contribution in [-0.2, 0) is 0 Å². The van der Waals surface area contributed by atoms with Gasteiger partial charge in [0.1, 0.15) is 11.5 Å². The van der Waals surface area contributed by atoms with Crippen molar-refractivity contribution < 1.29 is 19.1 Å². The zero-order valence-corrected chi connectivity index (χ0v) is 17.9. The van der Waals surface area contributed by atoms with Crippen molar-refractivity contribution in [1.29, 1.82) is 0 Å². The van der Waals surface area contributed by atoms with Gasteiger partial charge in [-0.1, -0.05) is 0 Å². The van der Waals surface area contributed by atoms with Gasteiger partial charge in [-0.25, -0.2) is 9.59 Å². The highest BCUT2D eigenvalue weighted by atomic mass is 16.5. The fourth-order valence-corrected chi connectivity index (χ4v) is 2.85. The summed E-state index contributed by atoms with van der Waals surface area (Å²) in [5.41, 5.74) is 14.3. The number of azo groups is 1. The quantitative estimate of drug-likeness (QED) is 0.167. The van der Waals surface area contributed by atoms with Crippen molar-refractivity contribution in [1.82, 2.24) is 0 Å².